The quantitative estimate of drug-likeness (QED) is 0.718. The van der Waals surface area contributed by atoms with Crippen LogP contribution < -0.4 is 9.21 Å². The van der Waals surface area contributed by atoms with Gasteiger partial charge in [-0.2, -0.15) is 0 Å². The number of carbonyl (C=O) groups is 1. The van der Waals surface area contributed by atoms with E-state index < -0.39 is 16.1 Å². The number of amides is 1. The van der Waals surface area contributed by atoms with Crippen molar-refractivity contribution in [2.45, 2.75) is 13.0 Å². The summed E-state index contributed by atoms with van der Waals surface area (Å²) in [6, 6.07) is 11.9. The van der Waals surface area contributed by atoms with Crippen LogP contribution in [0.2, 0.25) is 5.02 Å². The average molecular weight is 440 g/mol. The van der Waals surface area contributed by atoms with Gasteiger partial charge < -0.3 is 9.80 Å². The molecule has 1 heterocycles. The predicted octanol–water partition coefficient (Wildman–Crippen LogP) is 2.98. The van der Waals surface area contributed by atoms with E-state index in [4.69, 9.17) is 11.6 Å². The first-order chi connectivity index (χ1) is 13.7. The molecule has 29 heavy (non-hydrogen) atoms. The number of carbonyl (C=O) groups excluding carboxylic acids is 1. The van der Waals surface area contributed by atoms with Gasteiger partial charge in [-0.3, -0.25) is 9.10 Å². The molecule has 156 valence electrons. The van der Waals surface area contributed by atoms with E-state index in [1.165, 1.54) is 6.07 Å². The highest BCUT2D eigenvalue weighted by Gasteiger charge is 2.33. The standard InChI is InChI=1S/C20H23ClFN3O3S/c1-15(25(29(2,27)28)17-9-7-16(21)8-10-17)20(26)24-13-11-23(12-14-24)19-6-4-3-5-18(19)22/h3-10,15H,11-14H2,1-2H3. The molecule has 1 aliphatic rings. The molecule has 0 aromatic heterocycles. The van der Waals surface area contributed by atoms with E-state index in [-0.39, 0.29) is 11.7 Å². The maximum atomic E-state index is 14.0. The summed E-state index contributed by atoms with van der Waals surface area (Å²) in [6.07, 6.45) is 1.07. The van der Waals surface area contributed by atoms with Crippen LogP contribution in [0.1, 0.15) is 6.92 Å². The summed E-state index contributed by atoms with van der Waals surface area (Å²) in [6.45, 7) is 3.28. The third kappa shape index (κ3) is 4.82. The van der Waals surface area contributed by atoms with Crippen LogP contribution in [0, 0.1) is 5.82 Å². The first kappa shape index (κ1) is 21.4. The van der Waals surface area contributed by atoms with Gasteiger partial charge in [-0.15, -0.1) is 0 Å². The molecule has 1 fully saturated rings. The third-order valence-corrected chi connectivity index (χ3v) is 6.43. The second-order valence-electron chi connectivity index (χ2n) is 6.97. The topological polar surface area (TPSA) is 60.9 Å². The number of rotatable bonds is 5. The van der Waals surface area contributed by atoms with E-state index in [1.54, 1.807) is 54.3 Å². The number of hydrogen-bond acceptors (Lipinski definition) is 4. The monoisotopic (exact) mass is 439 g/mol. The molecule has 1 atom stereocenters. The number of para-hydroxylation sites is 1. The summed E-state index contributed by atoms with van der Waals surface area (Å²) in [5, 5.41) is 0.477. The highest BCUT2D eigenvalue weighted by molar-refractivity contribution is 7.92. The Kier molecular flexibility index (Phi) is 6.33. The molecule has 1 saturated heterocycles. The van der Waals surface area contributed by atoms with E-state index in [1.807, 2.05) is 4.90 Å². The summed E-state index contributed by atoms with van der Waals surface area (Å²) in [7, 11) is -3.69. The molecule has 0 radical (unpaired) electrons. The Morgan fingerprint density at radius 3 is 2.21 bits per heavy atom. The van der Waals surface area contributed by atoms with Crippen LogP contribution in [0.4, 0.5) is 15.8 Å². The van der Waals surface area contributed by atoms with E-state index in [9.17, 15) is 17.6 Å². The van der Waals surface area contributed by atoms with E-state index in [0.29, 0.717) is 42.6 Å². The van der Waals surface area contributed by atoms with Crippen molar-refractivity contribution < 1.29 is 17.6 Å². The molecular formula is C20H23ClFN3O3S. The van der Waals surface area contributed by atoms with E-state index >= 15 is 0 Å². The Bertz CT molecular complexity index is 977. The fourth-order valence-electron chi connectivity index (χ4n) is 3.53. The molecule has 1 unspecified atom stereocenters. The molecule has 0 bridgehead atoms. The molecule has 0 spiro atoms. The van der Waals surface area contributed by atoms with Gasteiger partial charge in [-0.1, -0.05) is 23.7 Å². The Labute approximate surface area is 175 Å². The molecule has 2 aromatic rings. The normalized spacial score (nSPS) is 15.9. The zero-order valence-corrected chi connectivity index (χ0v) is 17.8. The van der Waals surface area contributed by atoms with Crippen LogP contribution in [0.15, 0.2) is 48.5 Å². The highest BCUT2D eigenvalue weighted by Crippen LogP contribution is 2.25. The lowest BCUT2D eigenvalue weighted by molar-refractivity contribution is -0.132. The summed E-state index contributed by atoms with van der Waals surface area (Å²) < 4.78 is 39.9. The van der Waals surface area contributed by atoms with Crippen LogP contribution >= 0.6 is 11.6 Å². The molecule has 3 rings (SSSR count). The van der Waals surface area contributed by atoms with Crippen LogP contribution in [0.25, 0.3) is 0 Å². The minimum atomic E-state index is -3.69. The molecule has 0 aliphatic carbocycles. The number of halogens is 2. The lowest BCUT2D eigenvalue weighted by Gasteiger charge is -2.39. The van der Waals surface area contributed by atoms with E-state index in [2.05, 4.69) is 0 Å². The fourth-order valence-corrected chi connectivity index (χ4v) is 4.83. The van der Waals surface area contributed by atoms with Gasteiger partial charge in [0.15, 0.2) is 0 Å². The summed E-state index contributed by atoms with van der Waals surface area (Å²) in [5.74, 6) is -0.592. The molecule has 0 saturated carbocycles. The number of nitrogens with zero attached hydrogens (tertiary/aromatic N) is 3. The number of sulfonamides is 1. The van der Waals surface area contributed by atoms with E-state index in [0.717, 1.165) is 10.6 Å². The number of piperazine rings is 1. The Balaban J connectivity index is 1.73. The molecular weight excluding hydrogens is 417 g/mol. The molecule has 9 heteroatoms. The van der Waals surface area contributed by atoms with Gasteiger partial charge in [-0.05, 0) is 43.3 Å². The van der Waals surface area contributed by atoms with Crippen molar-refractivity contribution in [2.24, 2.45) is 0 Å². The van der Waals surface area contributed by atoms with Crippen molar-refractivity contribution in [1.82, 2.24) is 4.90 Å². The maximum absolute atomic E-state index is 14.0. The third-order valence-electron chi connectivity index (χ3n) is 4.93. The number of hydrogen-bond donors (Lipinski definition) is 0. The molecule has 1 aliphatic heterocycles. The van der Waals surface area contributed by atoms with Crippen molar-refractivity contribution in [3.05, 3.63) is 59.4 Å². The molecule has 0 N–H and O–H groups in total. The van der Waals surface area contributed by atoms with Gasteiger partial charge in [-0.25, -0.2) is 12.8 Å². The second-order valence-corrected chi connectivity index (χ2v) is 9.27. The Morgan fingerprint density at radius 1 is 1.07 bits per heavy atom. The Hall–Kier alpha value is -2.32. The zero-order chi connectivity index (χ0) is 21.2. The van der Waals surface area contributed by atoms with Crippen LogP contribution in [0.5, 0.6) is 0 Å². The minimum Gasteiger partial charge on any atom is -0.366 e. The van der Waals surface area contributed by atoms with Gasteiger partial charge in [0.2, 0.25) is 15.9 Å². The number of benzene rings is 2. The number of anilines is 2. The van der Waals surface area contributed by atoms with Gasteiger partial charge in [0, 0.05) is 31.2 Å². The van der Waals surface area contributed by atoms with Crippen LogP contribution in [-0.2, 0) is 14.8 Å². The van der Waals surface area contributed by atoms with Gasteiger partial charge in [0.05, 0.1) is 17.6 Å². The average Bonchev–Trinajstić information content (AvgIpc) is 2.68. The predicted molar refractivity (Wildman–Crippen MR) is 113 cm³/mol. The first-order valence-electron chi connectivity index (χ1n) is 9.21. The second kappa shape index (κ2) is 8.59. The SMILES string of the molecule is CC(C(=O)N1CCN(c2ccccc2F)CC1)N(c1ccc(Cl)cc1)S(C)(=O)=O. The van der Waals surface area contributed by atoms with Gasteiger partial charge >= 0.3 is 0 Å². The van der Waals surface area contributed by atoms with Crippen molar-refractivity contribution in [3.63, 3.8) is 0 Å². The Morgan fingerprint density at radius 2 is 1.66 bits per heavy atom. The lowest BCUT2D eigenvalue weighted by Crippen LogP contribution is -2.55. The van der Waals surface area contributed by atoms with Gasteiger partial charge in [0.1, 0.15) is 11.9 Å². The summed E-state index contributed by atoms with van der Waals surface area (Å²) in [5.41, 5.74) is 0.884. The van der Waals surface area contributed by atoms with Crippen molar-refractivity contribution in [1.29, 1.82) is 0 Å². The smallest absolute Gasteiger partial charge is 0.246 e. The largest absolute Gasteiger partial charge is 0.366 e. The summed E-state index contributed by atoms with van der Waals surface area (Å²) >= 11 is 5.90. The van der Waals surface area contributed by atoms with Crippen molar-refractivity contribution in [3.8, 4) is 0 Å². The first-order valence-corrected chi connectivity index (χ1v) is 11.4. The highest BCUT2D eigenvalue weighted by atomic mass is 35.5. The maximum Gasteiger partial charge on any atom is 0.246 e. The van der Waals surface area contributed by atoms with Crippen LogP contribution in [0.3, 0.4) is 0 Å². The lowest BCUT2D eigenvalue weighted by atomic mass is 10.2. The van der Waals surface area contributed by atoms with Crippen LogP contribution in [-0.4, -0.2) is 57.7 Å². The minimum absolute atomic E-state index is 0.293. The van der Waals surface area contributed by atoms with Crippen molar-refractivity contribution >= 4 is 38.9 Å². The fraction of sp³-hybridized carbons (Fsp3) is 0.350. The zero-order valence-electron chi connectivity index (χ0n) is 16.3. The summed E-state index contributed by atoms with van der Waals surface area (Å²) in [4.78, 5) is 16.5. The van der Waals surface area contributed by atoms with Gasteiger partial charge in [0.25, 0.3) is 0 Å². The molecule has 2 aromatic carbocycles. The molecule has 6 nitrogen and oxygen atoms in total. The van der Waals surface area contributed by atoms with Crippen molar-refractivity contribution in [2.75, 3.05) is 41.6 Å². The molecule has 1 amide bonds.